The number of aromatic nitrogens is 4. The highest BCUT2D eigenvalue weighted by Gasteiger charge is 2.21. The molecule has 1 unspecified atom stereocenters. The van der Waals surface area contributed by atoms with Crippen LogP contribution in [0.15, 0.2) is 24.3 Å². The Morgan fingerprint density at radius 2 is 2.05 bits per heavy atom. The van der Waals surface area contributed by atoms with Crippen molar-refractivity contribution in [3.8, 4) is 0 Å². The molecule has 2 aromatic heterocycles. The predicted octanol–water partition coefficient (Wildman–Crippen LogP) is 1.22. The number of hydrogen-bond donors (Lipinski definition) is 2. The Bertz CT molecular complexity index is 765. The number of aryl methyl sites for hydroxylation is 1. The minimum atomic E-state index is -0.700. The maximum Gasteiger partial charge on any atom is 0.184 e. The Morgan fingerprint density at radius 3 is 2.75 bits per heavy atom. The highest BCUT2D eigenvalue weighted by Crippen LogP contribution is 2.23. The molecule has 0 aliphatic rings. The van der Waals surface area contributed by atoms with Gasteiger partial charge in [0, 0.05) is 6.42 Å². The zero-order chi connectivity index (χ0) is 14.3. The summed E-state index contributed by atoms with van der Waals surface area (Å²) < 4.78 is 1.97. The van der Waals surface area contributed by atoms with Crippen LogP contribution in [-0.4, -0.2) is 30.8 Å². The van der Waals surface area contributed by atoms with Gasteiger partial charge in [-0.25, -0.2) is 4.98 Å². The Morgan fingerprint density at radius 1 is 1.30 bits per heavy atom. The van der Waals surface area contributed by atoms with E-state index in [1.807, 2.05) is 35.6 Å². The van der Waals surface area contributed by atoms with Gasteiger partial charge in [-0.2, -0.15) is 0 Å². The van der Waals surface area contributed by atoms with E-state index in [9.17, 15) is 5.11 Å². The van der Waals surface area contributed by atoms with E-state index in [1.54, 1.807) is 6.92 Å². The number of hydrogen-bond acceptors (Lipinski definition) is 5. The fourth-order valence-electron chi connectivity index (χ4n) is 2.34. The highest BCUT2D eigenvalue weighted by molar-refractivity contribution is 5.78. The molecule has 3 aromatic rings. The molecule has 104 valence electrons. The number of para-hydroxylation sites is 2. The molecule has 1 aromatic carbocycles. The molecule has 0 fully saturated rings. The molecule has 3 rings (SSSR count). The van der Waals surface area contributed by atoms with Crippen molar-refractivity contribution >= 4 is 16.7 Å². The minimum Gasteiger partial charge on any atom is -0.391 e. The van der Waals surface area contributed by atoms with Gasteiger partial charge in [0.05, 0.1) is 23.2 Å². The van der Waals surface area contributed by atoms with Gasteiger partial charge in [-0.15, -0.1) is 10.2 Å². The summed E-state index contributed by atoms with van der Waals surface area (Å²) in [5.74, 6) is 0.859. The second kappa shape index (κ2) is 4.81. The molecule has 0 saturated heterocycles. The maximum atomic E-state index is 9.75. The van der Waals surface area contributed by atoms with Gasteiger partial charge < -0.3 is 10.8 Å². The van der Waals surface area contributed by atoms with E-state index in [1.165, 1.54) is 0 Å². The topological polar surface area (TPSA) is 89.3 Å². The van der Waals surface area contributed by atoms with Crippen LogP contribution in [0.2, 0.25) is 0 Å². The third-order valence-electron chi connectivity index (χ3n) is 3.47. The third-order valence-corrected chi connectivity index (χ3v) is 3.47. The van der Waals surface area contributed by atoms with E-state index >= 15 is 0 Å². The van der Waals surface area contributed by atoms with Gasteiger partial charge in [0.2, 0.25) is 0 Å². The second-order valence-electron chi connectivity index (χ2n) is 4.88. The highest BCUT2D eigenvalue weighted by atomic mass is 16.3. The predicted molar refractivity (Wildman–Crippen MR) is 76.3 cm³/mol. The van der Waals surface area contributed by atoms with Gasteiger partial charge in [0.25, 0.3) is 0 Å². The van der Waals surface area contributed by atoms with Crippen LogP contribution in [0, 0.1) is 0 Å². The summed E-state index contributed by atoms with van der Waals surface area (Å²) in [7, 11) is 0. The Hall–Kier alpha value is -2.05. The molecule has 6 nitrogen and oxygen atoms in total. The molecule has 0 bridgehead atoms. The van der Waals surface area contributed by atoms with E-state index in [0.717, 1.165) is 23.3 Å². The van der Waals surface area contributed by atoms with Gasteiger partial charge >= 0.3 is 0 Å². The van der Waals surface area contributed by atoms with Crippen molar-refractivity contribution in [2.24, 2.45) is 5.73 Å². The Labute approximate surface area is 116 Å². The van der Waals surface area contributed by atoms with E-state index in [2.05, 4.69) is 15.2 Å². The van der Waals surface area contributed by atoms with Crippen molar-refractivity contribution < 1.29 is 5.11 Å². The van der Waals surface area contributed by atoms with Crippen LogP contribution in [0.3, 0.4) is 0 Å². The van der Waals surface area contributed by atoms with Crippen molar-refractivity contribution in [3.05, 3.63) is 35.8 Å². The number of nitrogens with two attached hydrogens (primary N) is 1. The zero-order valence-corrected chi connectivity index (χ0v) is 11.5. The van der Waals surface area contributed by atoms with Crippen molar-refractivity contribution in [1.82, 2.24) is 19.6 Å². The number of fused-ring (bicyclic) bond motifs is 3. The molecule has 0 aliphatic carbocycles. The first kappa shape index (κ1) is 13.0. The largest absolute Gasteiger partial charge is 0.391 e. The van der Waals surface area contributed by atoms with Crippen LogP contribution in [-0.2, 0) is 6.42 Å². The average molecular weight is 271 g/mol. The molecule has 0 spiro atoms. The second-order valence-corrected chi connectivity index (χ2v) is 4.88. The summed E-state index contributed by atoms with van der Waals surface area (Å²) in [6.07, 6.45) is 0.0627. The van der Waals surface area contributed by atoms with Gasteiger partial charge in [-0.3, -0.25) is 4.40 Å². The van der Waals surface area contributed by atoms with Crippen LogP contribution in [0.25, 0.3) is 16.7 Å². The van der Waals surface area contributed by atoms with Crippen LogP contribution in [0.5, 0.6) is 0 Å². The fraction of sp³-hybridized carbons (Fsp3) is 0.357. The fourth-order valence-corrected chi connectivity index (χ4v) is 2.34. The molecular formula is C14H17N5O. The van der Waals surface area contributed by atoms with Crippen LogP contribution in [0.1, 0.15) is 31.4 Å². The summed E-state index contributed by atoms with van der Waals surface area (Å²) in [6, 6.07) is 7.20. The first-order valence-corrected chi connectivity index (χ1v) is 6.69. The lowest BCUT2D eigenvalue weighted by atomic mass is 10.1. The number of benzene rings is 1. The van der Waals surface area contributed by atoms with Gasteiger partial charge in [0.1, 0.15) is 11.5 Å². The molecule has 3 N–H and O–H groups in total. The van der Waals surface area contributed by atoms with Gasteiger partial charge in [-0.1, -0.05) is 19.1 Å². The number of aliphatic hydroxyl groups is 1. The normalized spacial score (nSPS) is 14.8. The van der Waals surface area contributed by atoms with E-state index < -0.39 is 12.1 Å². The first-order valence-electron chi connectivity index (χ1n) is 6.69. The number of nitrogens with zero attached hydrogens (tertiary/aromatic N) is 4. The molecule has 0 aliphatic heterocycles. The zero-order valence-electron chi connectivity index (χ0n) is 11.5. The number of rotatable bonds is 3. The standard InChI is InChI=1S/C14H17N5O/c1-3-11-17-18-14-13(12(15)8(2)20)16-9-6-4-5-7-10(9)19(11)14/h4-8,12,20H,3,15H2,1-2H3/t8-,12?/m0/s1. The molecule has 2 heterocycles. The molecule has 0 radical (unpaired) electrons. The van der Waals surface area contributed by atoms with Crippen molar-refractivity contribution in [2.45, 2.75) is 32.4 Å². The Kier molecular flexibility index (Phi) is 3.11. The summed E-state index contributed by atoms with van der Waals surface area (Å²) >= 11 is 0. The van der Waals surface area contributed by atoms with Crippen molar-refractivity contribution in [1.29, 1.82) is 0 Å². The number of aliphatic hydroxyl groups excluding tert-OH is 1. The van der Waals surface area contributed by atoms with Crippen LogP contribution in [0.4, 0.5) is 0 Å². The summed E-state index contributed by atoms with van der Waals surface area (Å²) in [6.45, 7) is 3.68. The van der Waals surface area contributed by atoms with Crippen LogP contribution >= 0.6 is 0 Å². The smallest absolute Gasteiger partial charge is 0.184 e. The third kappa shape index (κ3) is 1.85. The molecule has 20 heavy (non-hydrogen) atoms. The quantitative estimate of drug-likeness (QED) is 0.747. The van der Waals surface area contributed by atoms with E-state index in [-0.39, 0.29) is 0 Å². The molecule has 6 heteroatoms. The Balaban J connectivity index is 2.42. The van der Waals surface area contributed by atoms with Crippen molar-refractivity contribution in [3.63, 3.8) is 0 Å². The first-order chi connectivity index (χ1) is 9.63. The van der Waals surface area contributed by atoms with Gasteiger partial charge in [0.15, 0.2) is 5.65 Å². The molecule has 0 amide bonds. The molecule has 2 atom stereocenters. The average Bonchev–Trinajstić information content (AvgIpc) is 2.89. The molecular weight excluding hydrogens is 254 g/mol. The summed E-state index contributed by atoms with van der Waals surface area (Å²) in [5, 5.41) is 18.2. The summed E-state index contributed by atoms with van der Waals surface area (Å²) in [5.41, 5.74) is 9.02. The minimum absolute atomic E-state index is 0.575. The summed E-state index contributed by atoms with van der Waals surface area (Å²) in [4.78, 5) is 4.56. The lowest BCUT2D eigenvalue weighted by Crippen LogP contribution is -2.25. The van der Waals surface area contributed by atoms with Gasteiger partial charge in [-0.05, 0) is 19.1 Å². The lowest BCUT2D eigenvalue weighted by Gasteiger charge is -2.16. The van der Waals surface area contributed by atoms with E-state index in [0.29, 0.717) is 11.3 Å². The SMILES string of the molecule is CCc1nnc2c(C(N)[C@H](C)O)nc3ccccc3n12. The van der Waals surface area contributed by atoms with E-state index in [4.69, 9.17) is 5.73 Å². The maximum absolute atomic E-state index is 9.75. The van der Waals surface area contributed by atoms with Crippen molar-refractivity contribution in [2.75, 3.05) is 0 Å². The molecule has 0 saturated carbocycles. The van der Waals surface area contributed by atoms with Crippen LogP contribution < -0.4 is 5.73 Å². The lowest BCUT2D eigenvalue weighted by molar-refractivity contribution is 0.163. The monoisotopic (exact) mass is 271 g/mol.